The minimum atomic E-state index is -0.974. The number of carbonyl (C=O) groups is 1. The molecular formula is C18H17Cl2F2N4OS-. The molecule has 1 atom stereocenters. The van der Waals surface area contributed by atoms with Gasteiger partial charge in [0.2, 0.25) is 0 Å². The number of amides is 1. The molecule has 0 saturated heterocycles. The molecule has 2 rings (SSSR count). The number of allylic oxidation sites excluding steroid dienone is 1. The normalized spacial score (nSPS) is 13.5. The third-order valence-corrected chi connectivity index (χ3v) is 5.47. The number of halogens is 4. The number of hydrogen-bond donors (Lipinski definition) is 2. The zero-order valence-electron chi connectivity index (χ0n) is 14.7. The Kier molecular flexibility index (Phi) is 7.94. The molecule has 0 aliphatic carbocycles. The van der Waals surface area contributed by atoms with E-state index in [4.69, 9.17) is 34.7 Å². The number of hydrogen-bond acceptors (Lipinski definition) is 4. The van der Waals surface area contributed by atoms with E-state index in [0.717, 1.165) is 23.5 Å². The van der Waals surface area contributed by atoms with E-state index in [9.17, 15) is 13.6 Å². The fraction of sp³-hybridized carbons (Fsp3) is 0.222. The lowest BCUT2D eigenvalue weighted by atomic mass is 10.1. The Labute approximate surface area is 175 Å². The molecule has 0 fully saturated rings. The molecule has 28 heavy (non-hydrogen) atoms. The van der Waals surface area contributed by atoms with E-state index in [-0.39, 0.29) is 18.0 Å². The Morgan fingerprint density at radius 1 is 1.39 bits per heavy atom. The van der Waals surface area contributed by atoms with E-state index in [1.165, 1.54) is 25.4 Å². The highest BCUT2D eigenvalue weighted by atomic mass is 35.5. The molecule has 0 spiro atoms. The number of aliphatic imine (C=N–C) groups is 1. The predicted molar refractivity (Wildman–Crippen MR) is 110 cm³/mol. The number of nitrogens with zero attached hydrogens (tertiary/aromatic N) is 1. The first-order valence-corrected chi connectivity index (χ1v) is 9.61. The van der Waals surface area contributed by atoms with Gasteiger partial charge in [-0.3, -0.25) is 9.79 Å². The highest BCUT2D eigenvalue weighted by Crippen LogP contribution is 2.30. The van der Waals surface area contributed by atoms with Gasteiger partial charge in [-0.25, -0.2) is 8.78 Å². The van der Waals surface area contributed by atoms with Crippen molar-refractivity contribution in [1.29, 1.82) is 0 Å². The minimum Gasteiger partial charge on any atom is -0.676 e. The molecule has 0 aliphatic heterocycles. The van der Waals surface area contributed by atoms with E-state index < -0.39 is 23.6 Å². The van der Waals surface area contributed by atoms with Crippen LogP contribution in [-0.4, -0.2) is 31.3 Å². The van der Waals surface area contributed by atoms with Gasteiger partial charge in [0.25, 0.3) is 5.91 Å². The van der Waals surface area contributed by atoms with E-state index in [0.29, 0.717) is 26.1 Å². The van der Waals surface area contributed by atoms with Gasteiger partial charge in [0.15, 0.2) is 11.6 Å². The summed E-state index contributed by atoms with van der Waals surface area (Å²) in [6, 6.07) is 4.43. The van der Waals surface area contributed by atoms with Gasteiger partial charge in [-0.1, -0.05) is 29.3 Å². The monoisotopic (exact) mass is 445 g/mol. The summed E-state index contributed by atoms with van der Waals surface area (Å²) in [7, 11) is 1.52. The van der Waals surface area contributed by atoms with Crippen LogP contribution in [0.1, 0.15) is 20.8 Å². The number of nitrogens with two attached hydrogens (primary N) is 1. The minimum absolute atomic E-state index is 0.139. The third-order valence-electron chi connectivity index (χ3n) is 3.81. The molecule has 1 amide bonds. The van der Waals surface area contributed by atoms with Crippen molar-refractivity contribution in [3.8, 4) is 0 Å². The van der Waals surface area contributed by atoms with Crippen LogP contribution in [0.25, 0.3) is 5.73 Å². The van der Waals surface area contributed by atoms with E-state index in [2.05, 4.69) is 10.3 Å². The van der Waals surface area contributed by atoms with Crippen LogP contribution in [0.2, 0.25) is 4.34 Å². The predicted octanol–water partition coefficient (Wildman–Crippen LogP) is 4.53. The summed E-state index contributed by atoms with van der Waals surface area (Å²) in [4.78, 5) is 16.9. The molecule has 0 saturated carbocycles. The summed E-state index contributed by atoms with van der Waals surface area (Å²) >= 11 is 13.3. The molecule has 1 aromatic heterocycles. The average Bonchev–Trinajstić information content (AvgIpc) is 3.06. The lowest BCUT2D eigenvalue weighted by Gasteiger charge is -2.20. The van der Waals surface area contributed by atoms with Gasteiger partial charge in [0, 0.05) is 24.9 Å². The Morgan fingerprint density at radius 3 is 2.68 bits per heavy atom. The molecule has 5 nitrogen and oxygen atoms in total. The van der Waals surface area contributed by atoms with Crippen molar-refractivity contribution >= 4 is 46.2 Å². The van der Waals surface area contributed by atoms with Gasteiger partial charge in [0.05, 0.1) is 15.6 Å². The third kappa shape index (κ3) is 5.29. The molecule has 0 unspecified atom stereocenters. The summed E-state index contributed by atoms with van der Waals surface area (Å²) in [5, 5.41) is 2.89. The SMILES string of the molecule is CN=C(/C(Cl)=C\N)c1cc(C(=O)N[C@H](C[NH-])Cc2ccc(F)c(F)c2)sc1Cl. The van der Waals surface area contributed by atoms with Crippen molar-refractivity contribution in [1.82, 2.24) is 5.32 Å². The molecule has 1 heterocycles. The molecule has 2 aromatic rings. The Hall–Kier alpha value is -2.00. The summed E-state index contributed by atoms with van der Waals surface area (Å²) in [6.45, 7) is -0.139. The first-order chi connectivity index (χ1) is 13.3. The van der Waals surface area contributed by atoms with Crippen LogP contribution in [0, 0.1) is 11.6 Å². The van der Waals surface area contributed by atoms with Crippen molar-refractivity contribution in [2.45, 2.75) is 12.5 Å². The standard InChI is InChI=1S/C18H17Cl2F2N4OS/c1-25-16(12(19)8-24)11-6-15(28-17(11)20)18(27)26-10(7-23)4-9-2-3-13(21)14(22)5-9/h2-3,5-6,8,10,23H,4,7,24H2,1H3,(H,26,27)/q-1/b12-8+,25-16?/t10-/m0/s1. The number of rotatable bonds is 7. The number of benzene rings is 1. The molecule has 0 aliphatic rings. The second kappa shape index (κ2) is 9.97. The van der Waals surface area contributed by atoms with Gasteiger partial charge in [-0.2, -0.15) is 0 Å². The maximum atomic E-state index is 13.4. The second-order valence-corrected chi connectivity index (χ2v) is 7.77. The molecule has 0 radical (unpaired) electrons. The van der Waals surface area contributed by atoms with Crippen LogP contribution in [0.4, 0.5) is 8.78 Å². The van der Waals surface area contributed by atoms with Crippen LogP contribution in [0.5, 0.6) is 0 Å². The van der Waals surface area contributed by atoms with Gasteiger partial charge in [-0.15, -0.1) is 17.9 Å². The highest BCUT2D eigenvalue weighted by molar-refractivity contribution is 7.18. The van der Waals surface area contributed by atoms with Crippen molar-refractivity contribution in [2.24, 2.45) is 10.7 Å². The van der Waals surface area contributed by atoms with Crippen molar-refractivity contribution in [2.75, 3.05) is 13.6 Å². The van der Waals surface area contributed by atoms with Crippen LogP contribution in [0.15, 0.2) is 40.5 Å². The van der Waals surface area contributed by atoms with Gasteiger partial charge >= 0.3 is 0 Å². The lowest BCUT2D eigenvalue weighted by molar-refractivity contribution is 0.0943. The molecule has 1 aromatic carbocycles. The zero-order chi connectivity index (χ0) is 20.8. The smallest absolute Gasteiger partial charge is 0.261 e. The Bertz CT molecular complexity index is 930. The fourth-order valence-corrected chi connectivity index (χ4v) is 3.83. The van der Waals surface area contributed by atoms with Crippen molar-refractivity contribution in [3.63, 3.8) is 0 Å². The van der Waals surface area contributed by atoms with Crippen molar-refractivity contribution < 1.29 is 13.6 Å². The van der Waals surface area contributed by atoms with Gasteiger partial charge < -0.3 is 16.8 Å². The summed E-state index contributed by atoms with van der Waals surface area (Å²) in [5.74, 6) is -2.37. The first kappa shape index (κ1) is 22.3. The van der Waals surface area contributed by atoms with E-state index in [1.807, 2.05) is 0 Å². The second-order valence-electron chi connectivity index (χ2n) is 5.71. The van der Waals surface area contributed by atoms with Gasteiger partial charge in [-0.05, 0) is 30.2 Å². The van der Waals surface area contributed by atoms with Crippen LogP contribution in [0.3, 0.4) is 0 Å². The average molecular weight is 446 g/mol. The molecule has 4 N–H and O–H groups in total. The number of thiophene rings is 1. The topological polar surface area (TPSA) is 91.3 Å². The largest absolute Gasteiger partial charge is 0.676 e. The zero-order valence-corrected chi connectivity index (χ0v) is 17.1. The van der Waals surface area contributed by atoms with Crippen LogP contribution >= 0.6 is 34.5 Å². The van der Waals surface area contributed by atoms with E-state index in [1.54, 1.807) is 0 Å². The summed E-state index contributed by atoms with van der Waals surface area (Å²) in [5.41, 5.74) is 14.3. The molecule has 0 bridgehead atoms. The van der Waals surface area contributed by atoms with Crippen LogP contribution in [-0.2, 0) is 6.42 Å². The lowest BCUT2D eigenvalue weighted by Crippen LogP contribution is -2.37. The van der Waals surface area contributed by atoms with Crippen molar-refractivity contribution in [3.05, 3.63) is 73.2 Å². The summed E-state index contributed by atoms with van der Waals surface area (Å²) in [6.07, 6.45) is 1.36. The van der Waals surface area contributed by atoms with E-state index >= 15 is 0 Å². The number of nitrogens with one attached hydrogen (secondary N) is 2. The Morgan fingerprint density at radius 2 is 2.11 bits per heavy atom. The molecule has 10 heteroatoms. The van der Waals surface area contributed by atoms with Gasteiger partial charge in [0.1, 0.15) is 4.34 Å². The number of carbonyl (C=O) groups excluding carboxylic acids is 1. The first-order valence-electron chi connectivity index (χ1n) is 8.04. The maximum absolute atomic E-state index is 13.4. The summed E-state index contributed by atoms with van der Waals surface area (Å²) < 4.78 is 26.7. The van der Waals surface area contributed by atoms with Crippen LogP contribution < -0.4 is 11.1 Å². The molecular weight excluding hydrogens is 429 g/mol. The highest BCUT2D eigenvalue weighted by Gasteiger charge is 2.20. The Balaban J connectivity index is 2.16. The quantitative estimate of drug-likeness (QED) is 0.612. The molecule has 150 valence electrons. The maximum Gasteiger partial charge on any atom is 0.261 e. The fourth-order valence-electron chi connectivity index (χ4n) is 2.46.